The molecular weight excluding hydrogens is 390 g/mol. The predicted molar refractivity (Wildman–Crippen MR) is 109 cm³/mol. The molecule has 0 aliphatic carbocycles. The highest BCUT2D eigenvalue weighted by Crippen LogP contribution is 2.26. The zero-order valence-electron chi connectivity index (χ0n) is 16.5. The maximum Gasteiger partial charge on any atom is 0.332 e. The van der Waals surface area contributed by atoms with E-state index >= 15 is 0 Å². The van der Waals surface area contributed by atoms with Gasteiger partial charge in [0.2, 0.25) is 0 Å². The van der Waals surface area contributed by atoms with Crippen LogP contribution in [-0.4, -0.2) is 44.6 Å². The van der Waals surface area contributed by atoms with Crippen LogP contribution in [0.25, 0.3) is 0 Å². The second-order valence-electron chi connectivity index (χ2n) is 6.88. The number of benzene rings is 1. The van der Waals surface area contributed by atoms with Crippen molar-refractivity contribution >= 4 is 29.4 Å². The molecule has 29 heavy (non-hydrogen) atoms. The Balaban J connectivity index is 1.52. The highest BCUT2D eigenvalue weighted by atomic mass is 32.2. The van der Waals surface area contributed by atoms with Gasteiger partial charge in [0.05, 0.1) is 24.1 Å². The van der Waals surface area contributed by atoms with E-state index in [1.807, 2.05) is 44.4 Å². The standard InChI is InChI=1S/C20H21N5O3S/c1-13-17(14(2)28-22-13)11-24-10-16(8-21-24)25-19(26)12-23(20(25)27)9-15-6-4-5-7-18(15)29-3/h4-8,10H,9,11-12H2,1-3H3. The quantitative estimate of drug-likeness (QED) is 0.457. The van der Waals surface area contributed by atoms with Crippen molar-refractivity contribution in [3.8, 4) is 0 Å². The van der Waals surface area contributed by atoms with Gasteiger partial charge in [-0.1, -0.05) is 23.4 Å². The topological polar surface area (TPSA) is 84.5 Å². The maximum atomic E-state index is 12.9. The van der Waals surface area contributed by atoms with Crippen molar-refractivity contribution in [2.24, 2.45) is 0 Å². The number of hydrogen-bond acceptors (Lipinski definition) is 6. The molecule has 0 saturated carbocycles. The second kappa shape index (κ2) is 7.75. The van der Waals surface area contributed by atoms with Gasteiger partial charge in [0.25, 0.3) is 5.91 Å². The fourth-order valence-corrected chi connectivity index (χ4v) is 4.02. The summed E-state index contributed by atoms with van der Waals surface area (Å²) in [6.45, 7) is 4.62. The van der Waals surface area contributed by atoms with Crippen LogP contribution >= 0.6 is 11.8 Å². The van der Waals surface area contributed by atoms with E-state index in [0.717, 1.165) is 27.5 Å². The molecule has 1 aliphatic heterocycles. The number of rotatable bonds is 6. The summed E-state index contributed by atoms with van der Waals surface area (Å²) in [6, 6.07) is 7.56. The molecule has 0 atom stereocenters. The Morgan fingerprint density at radius 2 is 1.97 bits per heavy atom. The maximum absolute atomic E-state index is 12.9. The number of amides is 3. The van der Waals surface area contributed by atoms with E-state index in [0.29, 0.717) is 18.8 Å². The molecule has 4 rings (SSSR count). The number of carbonyl (C=O) groups excluding carboxylic acids is 2. The monoisotopic (exact) mass is 411 g/mol. The third kappa shape index (κ3) is 3.65. The van der Waals surface area contributed by atoms with E-state index in [9.17, 15) is 9.59 Å². The summed E-state index contributed by atoms with van der Waals surface area (Å²) in [5.74, 6) is 0.472. The fraction of sp³-hybridized carbons (Fsp3) is 0.300. The van der Waals surface area contributed by atoms with E-state index in [4.69, 9.17) is 4.52 Å². The van der Waals surface area contributed by atoms with Crippen molar-refractivity contribution in [1.29, 1.82) is 0 Å². The van der Waals surface area contributed by atoms with Gasteiger partial charge in [0.15, 0.2) is 0 Å². The van der Waals surface area contributed by atoms with Crippen molar-refractivity contribution in [2.75, 3.05) is 17.7 Å². The van der Waals surface area contributed by atoms with Crippen molar-refractivity contribution in [3.05, 3.63) is 59.2 Å². The van der Waals surface area contributed by atoms with Crippen LogP contribution in [0, 0.1) is 13.8 Å². The summed E-state index contributed by atoms with van der Waals surface area (Å²) in [7, 11) is 0. The molecule has 0 radical (unpaired) electrons. The highest BCUT2D eigenvalue weighted by Gasteiger charge is 2.38. The van der Waals surface area contributed by atoms with Gasteiger partial charge in [-0.2, -0.15) is 5.10 Å². The molecular formula is C20H21N5O3S. The number of aromatic nitrogens is 3. The number of aryl methyl sites for hydroxylation is 2. The lowest BCUT2D eigenvalue weighted by Gasteiger charge is -2.17. The Kier molecular flexibility index (Phi) is 5.14. The molecule has 3 aromatic rings. The minimum absolute atomic E-state index is 0.0522. The number of hydrogen-bond donors (Lipinski definition) is 0. The van der Waals surface area contributed by atoms with Crippen LogP contribution < -0.4 is 4.90 Å². The molecule has 0 N–H and O–H groups in total. The molecule has 0 unspecified atom stereocenters. The number of carbonyl (C=O) groups is 2. The van der Waals surface area contributed by atoms with Gasteiger partial charge in [-0.05, 0) is 31.7 Å². The number of imide groups is 1. The van der Waals surface area contributed by atoms with Gasteiger partial charge in [0, 0.05) is 23.2 Å². The van der Waals surface area contributed by atoms with Crippen LogP contribution in [0.4, 0.5) is 10.5 Å². The average molecular weight is 411 g/mol. The van der Waals surface area contributed by atoms with Crippen LogP contribution in [0.2, 0.25) is 0 Å². The van der Waals surface area contributed by atoms with E-state index in [2.05, 4.69) is 10.3 Å². The third-order valence-corrected chi connectivity index (χ3v) is 5.81. The lowest BCUT2D eigenvalue weighted by atomic mass is 10.2. The summed E-state index contributed by atoms with van der Waals surface area (Å²) in [4.78, 5) is 29.3. The van der Waals surface area contributed by atoms with Crippen molar-refractivity contribution in [3.63, 3.8) is 0 Å². The first-order chi connectivity index (χ1) is 14.0. The molecule has 0 bridgehead atoms. The number of thioether (sulfide) groups is 1. The normalized spacial score (nSPS) is 14.3. The van der Waals surface area contributed by atoms with E-state index in [1.54, 1.807) is 27.5 Å². The average Bonchev–Trinajstić information content (AvgIpc) is 3.37. The summed E-state index contributed by atoms with van der Waals surface area (Å²) in [5.41, 5.74) is 3.23. The first kappa shape index (κ1) is 19.3. The summed E-state index contributed by atoms with van der Waals surface area (Å²) < 4.78 is 6.85. The van der Waals surface area contributed by atoms with Crippen molar-refractivity contribution in [2.45, 2.75) is 31.8 Å². The zero-order valence-corrected chi connectivity index (χ0v) is 17.3. The van der Waals surface area contributed by atoms with Crippen LogP contribution in [0.1, 0.15) is 22.6 Å². The SMILES string of the molecule is CSc1ccccc1CN1CC(=O)N(c2cnn(Cc3c(C)noc3C)c2)C1=O. The molecule has 8 nitrogen and oxygen atoms in total. The predicted octanol–water partition coefficient (Wildman–Crippen LogP) is 3.23. The van der Waals surface area contributed by atoms with Gasteiger partial charge in [-0.3, -0.25) is 9.48 Å². The van der Waals surface area contributed by atoms with Crippen LogP contribution in [-0.2, 0) is 17.9 Å². The lowest BCUT2D eigenvalue weighted by Crippen LogP contribution is -2.32. The molecule has 3 heterocycles. The summed E-state index contributed by atoms with van der Waals surface area (Å²) >= 11 is 1.62. The molecule has 9 heteroatoms. The Hall–Kier alpha value is -3.07. The van der Waals surface area contributed by atoms with E-state index in [1.165, 1.54) is 11.1 Å². The summed E-state index contributed by atoms with van der Waals surface area (Å²) in [6.07, 6.45) is 5.23. The molecule has 1 aliphatic rings. The first-order valence-corrected chi connectivity index (χ1v) is 10.4. The van der Waals surface area contributed by atoms with E-state index < -0.39 is 0 Å². The van der Waals surface area contributed by atoms with Gasteiger partial charge in [-0.25, -0.2) is 9.69 Å². The van der Waals surface area contributed by atoms with E-state index in [-0.39, 0.29) is 18.5 Å². The van der Waals surface area contributed by atoms with Gasteiger partial charge in [0.1, 0.15) is 12.3 Å². The molecule has 1 saturated heterocycles. The largest absolute Gasteiger partial charge is 0.361 e. The number of nitrogens with zero attached hydrogens (tertiary/aromatic N) is 5. The number of urea groups is 1. The molecule has 3 amide bonds. The molecule has 0 spiro atoms. The van der Waals surface area contributed by atoms with Crippen molar-refractivity contribution in [1.82, 2.24) is 19.8 Å². The highest BCUT2D eigenvalue weighted by molar-refractivity contribution is 7.98. The Morgan fingerprint density at radius 1 is 1.17 bits per heavy atom. The molecule has 1 fully saturated rings. The minimum Gasteiger partial charge on any atom is -0.361 e. The van der Waals surface area contributed by atoms with Crippen molar-refractivity contribution < 1.29 is 14.1 Å². The Morgan fingerprint density at radius 3 is 2.69 bits per heavy atom. The lowest BCUT2D eigenvalue weighted by molar-refractivity contribution is -0.116. The van der Waals surface area contributed by atoms with Crippen LogP contribution in [0.3, 0.4) is 0 Å². The van der Waals surface area contributed by atoms with Gasteiger partial charge >= 0.3 is 6.03 Å². The van der Waals surface area contributed by atoms with Gasteiger partial charge in [-0.15, -0.1) is 11.8 Å². The van der Waals surface area contributed by atoms with Crippen LogP contribution in [0.15, 0.2) is 46.1 Å². The molecule has 2 aromatic heterocycles. The first-order valence-electron chi connectivity index (χ1n) is 9.16. The molecule has 1 aromatic carbocycles. The zero-order chi connectivity index (χ0) is 20.5. The minimum atomic E-state index is -0.331. The Labute approximate surface area is 172 Å². The van der Waals surface area contributed by atoms with Crippen LogP contribution in [0.5, 0.6) is 0 Å². The number of anilines is 1. The second-order valence-corrected chi connectivity index (χ2v) is 7.73. The smallest absolute Gasteiger partial charge is 0.332 e. The van der Waals surface area contributed by atoms with Gasteiger partial charge < -0.3 is 9.42 Å². The Bertz CT molecular complexity index is 1050. The molecule has 150 valence electrons. The fourth-order valence-electron chi connectivity index (χ4n) is 3.41. The summed E-state index contributed by atoms with van der Waals surface area (Å²) in [5, 5.41) is 8.24. The third-order valence-electron chi connectivity index (χ3n) is 4.97.